The maximum Gasteiger partial charge on any atom is 0.260 e. The van der Waals surface area contributed by atoms with Crippen molar-refractivity contribution in [3.63, 3.8) is 0 Å². The number of hydrogen-bond donors (Lipinski definition) is 2. The van der Waals surface area contributed by atoms with E-state index in [0.29, 0.717) is 15.9 Å². The molecule has 1 amide bonds. The highest BCUT2D eigenvalue weighted by Crippen LogP contribution is 2.34. The number of aromatic nitrogens is 2. The molecule has 2 heterocycles. The van der Waals surface area contributed by atoms with Gasteiger partial charge in [-0.15, -0.1) is 11.3 Å². The number of anilines is 1. The SMILES string of the molecule is CC(=O)Nc1ccc(/C=C(/C#N)c2nc3sc4c(c3c(=O)[nH]2)CCCC4)cc1. The molecular formula is C21H18N4O2S. The summed E-state index contributed by atoms with van der Waals surface area (Å²) in [7, 11) is 0. The molecule has 6 nitrogen and oxygen atoms in total. The van der Waals surface area contributed by atoms with Crippen LogP contribution >= 0.6 is 11.3 Å². The van der Waals surface area contributed by atoms with Crippen molar-refractivity contribution in [1.29, 1.82) is 5.26 Å². The molecule has 0 fully saturated rings. The Bertz CT molecular complexity index is 1200. The van der Waals surface area contributed by atoms with E-state index in [4.69, 9.17) is 0 Å². The van der Waals surface area contributed by atoms with Crippen LogP contribution in [0.4, 0.5) is 5.69 Å². The molecule has 0 spiro atoms. The van der Waals surface area contributed by atoms with Crippen LogP contribution in [0.1, 0.15) is 41.6 Å². The van der Waals surface area contributed by atoms with Crippen molar-refractivity contribution in [3.8, 4) is 6.07 Å². The lowest BCUT2D eigenvalue weighted by Gasteiger charge is -2.09. The minimum absolute atomic E-state index is 0.144. The van der Waals surface area contributed by atoms with Gasteiger partial charge in [0.2, 0.25) is 5.91 Å². The standard InChI is InChI=1S/C21H18N4O2S/c1-12(26)23-15-8-6-13(7-9-15)10-14(11-22)19-24-20(27)18-16-4-2-3-5-17(16)28-21(18)25-19/h6-10H,2-5H2,1H3,(H,23,26)(H,24,25,27)/b14-10-. The number of carbonyl (C=O) groups is 1. The fourth-order valence-electron chi connectivity index (χ4n) is 3.48. The topological polar surface area (TPSA) is 98.6 Å². The molecule has 2 N–H and O–H groups in total. The number of aryl methyl sites for hydroxylation is 2. The van der Waals surface area contributed by atoms with E-state index in [-0.39, 0.29) is 22.9 Å². The lowest BCUT2D eigenvalue weighted by molar-refractivity contribution is -0.114. The fourth-order valence-corrected chi connectivity index (χ4v) is 4.74. The molecule has 2 aromatic heterocycles. The number of amides is 1. The highest BCUT2D eigenvalue weighted by molar-refractivity contribution is 7.18. The van der Waals surface area contributed by atoms with Crippen molar-refractivity contribution in [3.05, 3.63) is 56.4 Å². The number of benzene rings is 1. The monoisotopic (exact) mass is 390 g/mol. The van der Waals surface area contributed by atoms with Crippen LogP contribution in [-0.2, 0) is 17.6 Å². The zero-order chi connectivity index (χ0) is 19.7. The van der Waals surface area contributed by atoms with Gasteiger partial charge in [-0.1, -0.05) is 12.1 Å². The van der Waals surface area contributed by atoms with Crippen LogP contribution in [0.15, 0.2) is 29.1 Å². The average molecular weight is 390 g/mol. The van der Waals surface area contributed by atoms with Crippen molar-refractivity contribution in [1.82, 2.24) is 9.97 Å². The quantitative estimate of drug-likeness (QED) is 0.663. The zero-order valence-corrected chi connectivity index (χ0v) is 16.2. The summed E-state index contributed by atoms with van der Waals surface area (Å²) in [6.07, 6.45) is 5.82. The van der Waals surface area contributed by atoms with Gasteiger partial charge in [0.25, 0.3) is 5.56 Å². The van der Waals surface area contributed by atoms with Gasteiger partial charge in [-0.25, -0.2) is 4.98 Å². The number of aromatic amines is 1. The third kappa shape index (κ3) is 3.47. The largest absolute Gasteiger partial charge is 0.326 e. The molecule has 1 aliphatic rings. The summed E-state index contributed by atoms with van der Waals surface area (Å²) in [6, 6.07) is 9.24. The molecule has 0 bridgehead atoms. The number of H-pyrrole nitrogens is 1. The highest BCUT2D eigenvalue weighted by atomic mass is 32.1. The molecule has 28 heavy (non-hydrogen) atoms. The van der Waals surface area contributed by atoms with Crippen molar-refractivity contribution >= 4 is 44.8 Å². The Morgan fingerprint density at radius 2 is 2.04 bits per heavy atom. The Labute approximate surface area is 165 Å². The number of thiophene rings is 1. The van der Waals surface area contributed by atoms with E-state index >= 15 is 0 Å². The van der Waals surface area contributed by atoms with E-state index < -0.39 is 0 Å². The number of hydrogen-bond acceptors (Lipinski definition) is 5. The first kappa shape index (κ1) is 18.1. The van der Waals surface area contributed by atoms with Crippen LogP contribution in [0.3, 0.4) is 0 Å². The van der Waals surface area contributed by atoms with E-state index in [1.165, 1.54) is 11.8 Å². The summed E-state index contributed by atoms with van der Waals surface area (Å²) in [5, 5.41) is 13.0. The van der Waals surface area contributed by atoms with Crippen molar-refractivity contribution < 1.29 is 4.79 Å². The van der Waals surface area contributed by atoms with E-state index in [2.05, 4.69) is 21.4 Å². The number of nitriles is 1. The van der Waals surface area contributed by atoms with Crippen LogP contribution < -0.4 is 10.9 Å². The minimum atomic E-state index is -0.179. The van der Waals surface area contributed by atoms with E-state index in [0.717, 1.165) is 36.8 Å². The van der Waals surface area contributed by atoms with Gasteiger partial charge < -0.3 is 10.3 Å². The molecule has 0 aliphatic heterocycles. The number of nitrogens with zero attached hydrogens (tertiary/aromatic N) is 2. The maximum atomic E-state index is 12.7. The third-order valence-corrected chi connectivity index (χ3v) is 5.93. The molecule has 1 aromatic carbocycles. The van der Waals surface area contributed by atoms with Crippen molar-refractivity contribution in [2.75, 3.05) is 5.32 Å². The molecular weight excluding hydrogens is 372 g/mol. The van der Waals surface area contributed by atoms with E-state index in [9.17, 15) is 14.9 Å². The van der Waals surface area contributed by atoms with Gasteiger partial charge in [-0.2, -0.15) is 5.26 Å². The lowest BCUT2D eigenvalue weighted by atomic mass is 9.97. The lowest BCUT2D eigenvalue weighted by Crippen LogP contribution is -2.12. The summed E-state index contributed by atoms with van der Waals surface area (Å²) in [5.74, 6) is 0.138. The van der Waals surface area contributed by atoms with E-state index in [1.54, 1.807) is 41.7 Å². The summed E-state index contributed by atoms with van der Waals surface area (Å²) in [6.45, 7) is 1.45. The van der Waals surface area contributed by atoms with E-state index in [1.807, 2.05) is 0 Å². The molecule has 0 saturated carbocycles. The van der Waals surface area contributed by atoms with Crippen LogP contribution in [0, 0.1) is 11.3 Å². The Hall–Kier alpha value is -3.24. The van der Waals surface area contributed by atoms with Gasteiger partial charge >= 0.3 is 0 Å². The normalized spacial score (nSPS) is 13.8. The molecule has 140 valence electrons. The zero-order valence-electron chi connectivity index (χ0n) is 15.3. The van der Waals surface area contributed by atoms with Crippen LogP contribution in [0.5, 0.6) is 0 Å². The molecule has 0 radical (unpaired) electrons. The first-order chi connectivity index (χ1) is 13.5. The first-order valence-electron chi connectivity index (χ1n) is 9.09. The van der Waals surface area contributed by atoms with Crippen LogP contribution in [-0.4, -0.2) is 15.9 Å². The number of fused-ring (bicyclic) bond motifs is 3. The second-order valence-corrected chi connectivity index (χ2v) is 7.86. The van der Waals surface area contributed by atoms with Crippen LogP contribution in [0.2, 0.25) is 0 Å². The van der Waals surface area contributed by atoms with Gasteiger partial charge in [0.15, 0.2) is 5.82 Å². The molecule has 0 atom stereocenters. The molecule has 1 aliphatic carbocycles. The predicted molar refractivity (Wildman–Crippen MR) is 111 cm³/mol. The third-order valence-electron chi connectivity index (χ3n) is 4.74. The maximum absolute atomic E-state index is 12.7. The number of allylic oxidation sites excluding steroid dienone is 1. The minimum Gasteiger partial charge on any atom is -0.326 e. The van der Waals surface area contributed by atoms with Crippen LogP contribution in [0.25, 0.3) is 21.9 Å². The Kier molecular flexibility index (Phi) is 4.80. The summed E-state index contributed by atoms with van der Waals surface area (Å²) < 4.78 is 0. The summed E-state index contributed by atoms with van der Waals surface area (Å²) in [4.78, 5) is 33.1. The number of nitrogens with one attached hydrogen (secondary N) is 2. The fraction of sp³-hybridized carbons (Fsp3) is 0.238. The Morgan fingerprint density at radius 1 is 1.29 bits per heavy atom. The average Bonchev–Trinajstić information content (AvgIpc) is 3.05. The molecule has 3 aromatic rings. The van der Waals surface area contributed by atoms with Gasteiger partial charge in [-0.3, -0.25) is 9.59 Å². The summed E-state index contributed by atoms with van der Waals surface area (Å²) in [5.41, 5.74) is 2.70. The Balaban J connectivity index is 1.73. The number of carbonyl (C=O) groups excluding carboxylic acids is 1. The van der Waals surface area contributed by atoms with Gasteiger partial charge in [0.05, 0.1) is 11.0 Å². The predicted octanol–water partition coefficient (Wildman–Crippen LogP) is 3.89. The molecule has 0 unspecified atom stereocenters. The van der Waals surface area contributed by atoms with Crippen molar-refractivity contribution in [2.24, 2.45) is 0 Å². The highest BCUT2D eigenvalue weighted by Gasteiger charge is 2.20. The van der Waals surface area contributed by atoms with Gasteiger partial charge in [-0.05, 0) is 55.0 Å². The smallest absolute Gasteiger partial charge is 0.260 e. The van der Waals surface area contributed by atoms with Crippen molar-refractivity contribution in [2.45, 2.75) is 32.6 Å². The van der Waals surface area contributed by atoms with Gasteiger partial charge in [0.1, 0.15) is 10.9 Å². The molecule has 4 rings (SSSR count). The molecule has 7 heteroatoms. The summed E-state index contributed by atoms with van der Waals surface area (Å²) >= 11 is 1.56. The molecule has 0 saturated heterocycles. The van der Waals surface area contributed by atoms with Gasteiger partial charge in [0, 0.05) is 17.5 Å². The first-order valence-corrected chi connectivity index (χ1v) is 9.91. The number of rotatable bonds is 3. The Morgan fingerprint density at radius 3 is 2.75 bits per heavy atom. The second kappa shape index (κ2) is 7.41. The second-order valence-electron chi connectivity index (χ2n) is 6.78.